The van der Waals surface area contributed by atoms with Gasteiger partial charge in [0.2, 0.25) is 0 Å². The monoisotopic (exact) mass is 539 g/mol. The highest BCUT2D eigenvalue weighted by Crippen LogP contribution is 2.29. The Hall–Kier alpha value is -3.36. The molecule has 4 aromatic rings. The minimum atomic E-state index is -0.716. The highest BCUT2D eigenvalue weighted by atomic mass is 16.6. The van der Waals surface area contributed by atoms with Crippen molar-refractivity contribution in [2.24, 2.45) is 5.73 Å². The van der Waals surface area contributed by atoms with Crippen LogP contribution in [0.1, 0.15) is 22.3 Å². The third-order valence-corrected chi connectivity index (χ3v) is 6.92. The molecule has 0 unspecified atom stereocenters. The van der Waals surface area contributed by atoms with E-state index in [2.05, 4.69) is 0 Å². The lowest BCUT2D eigenvalue weighted by atomic mass is 9.97. The van der Waals surface area contributed by atoms with E-state index in [1.54, 1.807) is 0 Å². The summed E-state index contributed by atoms with van der Waals surface area (Å²) in [5.41, 5.74) is 10.9. The lowest BCUT2D eigenvalue weighted by Crippen LogP contribution is -2.63. The first-order chi connectivity index (χ1) is 19.8. The van der Waals surface area contributed by atoms with E-state index < -0.39 is 30.6 Å². The smallest absolute Gasteiger partial charge is 0.135 e. The van der Waals surface area contributed by atoms with Crippen LogP contribution in [0.3, 0.4) is 0 Å². The van der Waals surface area contributed by atoms with Crippen molar-refractivity contribution in [3.05, 3.63) is 144 Å². The second-order valence-electron chi connectivity index (χ2n) is 9.92. The Kier molecular flexibility index (Phi) is 10.5. The van der Waals surface area contributed by atoms with Crippen LogP contribution in [0.2, 0.25) is 0 Å². The minimum absolute atomic E-state index is 0.304. The van der Waals surface area contributed by atoms with Crippen LogP contribution in [0.25, 0.3) is 0 Å². The zero-order valence-corrected chi connectivity index (χ0v) is 22.6. The van der Waals surface area contributed by atoms with Crippen molar-refractivity contribution in [2.45, 2.75) is 57.1 Å². The average Bonchev–Trinajstić information content (AvgIpc) is 3.01. The third-order valence-electron chi connectivity index (χ3n) is 6.92. The van der Waals surface area contributed by atoms with Gasteiger partial charge in [0.05, 0.1) is 33.0 Å². The Labute approximate surface area is 236 Å². The van der Waals surface area contributed by atoms with E-state index in [1.165, 1.54) is 0 Å². The van der Waals surface area contributed by atoms with Crippen molar-refractivity contribution in [1.29, 1.82) is 0 Å². The van der Waals surface area contributed by atoms with Gasteiger partial charge in [0.25, 0.3) is 0 Å². The van der Waals surface area contributed by atoms with Gasteiger partial charge in [-0.2, -0.15) is 0 Å². The number of ether oxygens (including phenoxy) is 5. The molecule has 0 aromatic heterocycles. The Balaban J connectivity index is 1.36. The van der Waals surface area contributed by atoms with Gasteiger partial charge in [-0.3, -0.25) is 0 Å². The Bertz CT molecular complexity index is 1240. The molecule has 6 nitrogen and oxygen atoms in total. The predicted molar refractivity (Wildman–Crippen MR) is 154 cm³/mol. The van der Waals surface area contributed by atoms with Gasteiger partial charge in [-0.25, -0.2) is 0 Å². The van der Waals surface area contributed by atoms with Crippen molar-refractivity contribution in [3.63, 3.8) is 0 Å². The van der Waals surface area contributed by atoms with E-state index in [4.69, 9.17) is 29.4 Å². The maximum Gasteiger partial charge on any atom is 0.135 e. The van der Waals surface area contributed by atoms with E-state index in [0.717, 1.165) is 22.3 Å². The molecule has 1 aliphatic rings. The molecule has 1 fully saturated rings. The quantitative estimate of drug-likeness (QED) is 0.237. The van der Waals surface area contributed by atoms with E-state index in [-0.39, 0.29) is 0 Å². The lowest BCUT2D eigenvalue weighted by Gasteiger charge is -2.45. The SMILES string of the molecule is N[C@@H]1O[C@H](COCc2ccccc2)[C@@H](OCc2ccccc2)[C@H](OCc2ccccc2)[C@H]1OCc1ccccc1. The van der Waals surface area contributed by atoms with Gasteiger partial charge in [-0.1, -0.05) is 121 Å². The summed E-state index contributed by atoms with van der Waals surface area (Å²) in [5.74, 6) is 0. The lowest BCUT2D eigenvalue weighted by molar-refractivity contribution is -0.271. The Morgan fingerprint density at radius 3 is 1.30 bits per heavy atom. The van der Waals surface area contributed by atoms with E-state index in [1.807, 2.05) is 121 Å². The highest BCUT2D eigenvalue weighted by molar-refractivity contribution is 5.16. The topological polar surface area (TPSA) is 72.2 Å². The van der Waals surface area contributed by atoms with E-state index in [9.17, 15) is 0 Å². The van der Waals surface area contributed by atoms with Crippen molar-refractivity contribution in [1.82, 2.24) is 0 Å². The molecule has 0 spiro atoms. The second kappa shape index (κ2) is 14.9. The number of nitrogens with two attached hydrogens (primary N) is 1. The van der Waals surface area contributed by atoms with Crippen molar-refractivity contribution < 1.29 is 23.7 Å². The maximum atomic E-state index is 6.61. The molecule has 0 radical (unpaired) electrons. The molecule has 0 aliphatic carbocycles. The summed E-state index contributed by atoms with van der Waals surface area (Å²) in [6.45, 7) is 1.94. The fourth-order valence-electron chi connectivity index (χ4n) is 4.83. The highest BCUT2D eigenvalue weighted by Gasteiger charge is 2.47. The summed E-state index contributed by atoms with van der Waals surface area (Å²) in [6.07, 6.45) is -2.66. The summed E-state index contributed by atoms with van der Waals surface area (Å²) in [5, 5.41) is 0. The standard InChI is InChI=1S/C34H37NO5/c35-34-33(39-24-29-19-11-4-12-20-29)32(38-23-28-17-9-3-10-18-28)31(37-22-27-15-7-2-8-16-27)30(40-34)25-36-21-26-13-5-1-6-14-26/h1-20,30-34H,21-25,35H2/t30-,31-,32+,33-,34-/m1/s1. The van der Waals surface area contributed by atoms with Crippen LogP contribution >= 0.6 is 0 Å². The predicted octanol–water partition coefficient (Wildman–Crippen LogP) is 5.64. The molecule has 1 heterocycles. The molecule has 1 aliphatic heterocycles. The summed E-state index contributed by atoms with van der Waals surface area (Å²) >= 11 is 0. The first-order valence-corrected chi connectivity index (χ1v) is 13.8. The molecule has 0 amide bonds. The zero-order chi connectivity index (χ0) is 27.4. The maximum absolute atomic E-state index is 6.61. The van der Waals surface area contributed by atoms with Crippen LogP contribution in [0, 0.1) is 0 Å². The third kappa shape index (κ3) is 8.08. The van der Waals surface area contributed by atoms with Gasteiger partial charge in [0.15, 0.2) is 0 Å². The molecule has 5 atom stereocenters. The van der Waals surface area contributed by atoms with Crippen LogP contribution in [0.15, 0.2) is 121 Å². The van der Waals surface area contributed by atoms with Gasteiger partial charge in [-0.15, -0.1) is 0 Å². The minimum Gasteiger partial charge on any atom is -0.374 e. The van der Waals surface area contributed by atoms with Crippen molar-refractivity contribution in [3.8, 4) is 0 Å². The first-order valence-electron chi connectivity index (χ1n) is 13.8. The van der Waals surface area contributed by atoms with Crippen LogP contribution in [0.4, 0.5) is 0 Å². The molecule has 2 N–H and O–H groups in total. The summed E-state index contributed by atoms with van der Waals surface area (Å²) in [6, 6.07) is 40.2. The summed E-state index contributed by atoms with van der Waals surface area (Å²) in [4.78, 5) is 0. The fraction of sp³-hybridized carbons (Fsp3) is 0.294. The fourth-order valence-corrected chi connectivity index (χ4v) is 4.83. The van der Waals surface area contributed by atoms with Gasteiger partial charge in [0, 0.05) is 0 Å². The summed E-state index contributed by atoms with van der Waals surface area (Å²) < 4.78 is 32.0. The molecule has 208 valence electrons. The normalized spacial score (nSPS) is 22.7. The number of rotatable bonds is 13. The van der Waals surface area contributed by atoms with Crippen LogP contribution < -0.4 is 5.73 Å². The molecule has 40 heavy (non-hydrogen) atoms. The largest absolute Gasteiger partial charge is 0.374 e. The van der Waals surface area contributed by atoms with Crippen LogP contribution in [-0.4, -0.2) is 37.3 Å². The molecule has 0 bridgehead atoms. The van der Waals surface area contributed by atoms with Crippen LogP contribution in [0.5, 0.6) is 0 Å². The van der Waals surface area contributed by atoms with Crippen LogP contribution in [-0.2, 0) is 50.1 Å². The van der Waals surface area contributed by atoms with E-state index >= 15 is 0 Å². The summed E-state index contributed by atoms with van der Waals surface area (Å²) in [7, 11) is 0. The number of hydrogen-bond donors (Lipinski definition) is 1. The number of hydrogen-bond acceptors (Lipinski definition) is 6. The van der Waals surface area contributed by atoms with E-state index in [0.29, 0.717) is 33.0 Å². The van der Waals surface area contributed by atoms with Gasteiger partial charge < -0.3 is 29.4 Å². The Morgan fingerprint density at radius 2 is 0.850 bits per heavy atom. The van der Waals surface area contributed by atoms with Gasteiger partial charge >= 0.3 is 0 Å². The molecular weight excluding hydrogens is 502 g/mol. The van der Waals surface area contributed by atoms with Crippen molar-refractivity contribution in [2.75, 3.05) is 6.61 Å². The second-order valence-corrected chi connectivity index (χ2v) is 9.92. The molecule has 4 aromatic carbocycles. The average molecular weight is 540 g/mol. The Morgan fingerprint density at radius 1 is 0.475 bits per heavy atom. The first kappa shape index (κ1) is 28.2. The molecular formula is C34H37NO5. The zero-order valence-electron chi connectivity index (χ0n) is 22.6. The van der Waals surface area contributed by atoms with Gasteiger partial charge in [-0.05, 0) is 22.3 Å². The molecule has 6 heteroatoms. The molecule has 0 saturated carbocycles. The van der Waals surface area contributed by atoms with Crippen molar-refractivity contribution >= 4 is 0 Å². The number of benzene rings is 4. The molecule has 5 rings (SSSR count). The van der Waals surface area contributed by atoms with Gasteiger partial charge in [0.1, 0.15) is 30.6 Å². The molecule has 1 saturated heterocycles.